The Labute approximate surface area is 293 Å². The van der Waals surface area contributed by atoms with Crippen LogP contribution in [0.5, 0.6) is 11.5 Å². The largest absolute Gasteiger partial charge is 0.493 e. The summed E-state index contributed by atoms with van der Waals surface area (Å²) in [5, 5.41) is 3.27. The summed E-state index contributed by atoms with van der Waals surface area (Å²) in [5.41, 5.74) is 1.22. The highest BCUT2D eigenvalue weighted by Crippen LogP contribution is 2.36. The van der Waals surface area contributed by atoms with Crippen molar-refractivity contribution in [3.63, 3.8) is 0 Å². The number of rotatable bonds is 11. The van der Waals surface area contributed by atoms with Crippen molar-refractivity contribution in [2.24, 2.45) is 5.92 Å². The number of methoxy groups -OCH3 is 1. The highest BCUT2D eigenvalue weighted by molar-refractivity contribution is 5.97. The number of nitrogens with zero attached hydrogens (tertiary/aromatic N) is 1. The van der Waals surface area contributed by atoms with Gasteiger partial charge in [0, 0.05) is 31.8 Å². The molecule has 2 aromatic carbocycles. The normalized spacial score (nSPS) is 24.4. The van der Waals surface area contributed by atoms with E-state index in [4.69, 9.17) is 33.2 Å². The first-order valence-corrected chi connectivity index (χ1v) is 16.9. The van der Waals surface area contributed by atoms with Gasteiger partial charge < -0.3 is 38.5 Å². The number of ether oxygens (including phenoxy) is 7. The Kier molecular flexibility index (Phi) is 12.6. The van der Waals surface area contributed by atoms with E-state index in [0.717, 1.165) is 5.82 Å². The molecule has 11 heteroatoms. The van der Waals surface area contributed by atoms with Gasteiger partial charge in [-0.3, -0.25) is 0 Å². The van der Waals surface area contributed by atoms with Crippen molar-refractivity contribution >= 4 is 23.8 Å². The number of fused-ring (bicyclic) bond motifs is 2. The lowest BCUT2D eigenvalue weighted by Crippen LogP contribution is -2.37. The lowest BCUT2D eigenvalue weighted by atomic mass is 9.98. The molecule has 1 unspecified atom stereocenters. The molecule has 5 atom stereocenters. The fourth-order valence-corrected chi connectivity index (χ4v) is 5.64. The molecule has 1 aromatic heterocycles. The fourth-order valence-electron chi connectivity index (χ4n) is 5.64. The number of esters is 2. The molecule has 0 bridgehead atoms. The summed E-state index contributed by atoms with van der Waals surface area (Å²) in [6.45, 7) is 8.39. The lowest BCUT2D eigenvalue weighted by Gasteiger charge is -2.25. The van der Waals surface area contributed by atoms with E-state index in [2.05, 4.69) is 10.3 Å². The molecule has 0 spiro atoms. The van der Waals surface area contributed by atoms with E-state index in [-0.39, 0.29) is 24.0 Å². The van der Waals surface area contributed by atoms with Gasteiger partial charge in [0.25, 0.3) is 0 Å². The minimum absolute atomic E-state index is 0.0807. The number of carbonyl (C=O) groups is 2. The van der Waals surface area contributed by atoms with Crippen LogP contribution in [0.1, 0.15) is 66.8 Å². The summed E-state index contributed by atoms with van der Waals surface area (Å²) in [6.07, 6.45) is 7.81. The minimum atomic E-state index is -0.925. The van der Waals surface area contributed by atoms with Gasteiger partial charge in [0.2, 0.25) is 0 Å². The van der Waals surface area contributed by atoms with Crippen LogP contribution in [-0.2, 0) is 23.7 Å². The molecule has 0 aliphatic carbocycles. The Morgan fingerprint density at radius 3 is 2.58 bits per heavy atom. The van der Waals surface area contributed by atoms with Gasteiger partial charge in [-0.15, -0.1) is 0 Å². The second-order valence-corrected chi connectivity index (χ2v) is 12.6. The Morgan fingerprint density at radius 2 is 1.82 bits per heavy atom. The number of hydrogen-bond acceptors (Lipinski definition) is 11. The molecular weight excluding hydrogens is 640 g/mol. The standard InChI is InChI=1S/C39H46N2O9/c1-26-18-19-31(48-37(42)28-13-7-6-8-14-28)36-32(49-39(3,4)50-36)16-11-15-29-23-30(45-22-12-21-41-34-17-9-10-20-40-34)24-33(46-25-44-5)35(29)38(43)47-27(26)2/h6-11,13-15,17-20,23-24,26-27,31-32,36H,12,16,21-22,25H2,1-5H3,(H,40,41)/b15-11+,19-18-/t26-,27+,31?,32+,36-/m1/s1. The monoisotopic (exact) mass is 686 g/mol. The van der Waals surface area contributed by atoms with Crippen LogP contribution in [0.3, 0.4) is 0 Å². The van der Waals surface area contributed by atoms with Gasteiger partial charge in [-0.2, -0.15) is 0 Å². The first-order chi connectivity index (χ1) is 24.1. The van der Waals surface area contributed by atoms with Gasteiger partial charge in [0.1, 0.15) is 41.2 Å². The van der Waals surface area contributed by atoms with Crippen molar-refractivity contribution in [3.8, 4) is 11.5 Å². The average Bonchev–Trinajstić information content (AvgIpc) is 3.42. The van der Waals surface area contributed by atoms with E-state index in [1.165, 1.54) is 7.11 Å². The summed E-state index contributed by atoms with van der Waals surface area (Å²) < 4.78 is 41.9. The Bertz CT molecular complexity index is 1630. The van der Waals surface area contributed by atoms with Gasteiger partial charge in [-0.25, -0.2) is 14.6 Å². The van der Waals surface area contributed by atoms with Crippen molar-refractivity contribution < 1.29 is 42.7 Å². The SMILES string of the molecule is COCOc1cc(OCCCNc2ccccn2)cc2c1C(=O)O[C@@H](C)[C@H](C)/C=C\C(OC(=O)c1ccccc1)[C@H]1OC(C)(C)O[C@H]1C/C=C/2. The third-order valence-electron chi connectivity index (χ3n) is 8.30. The topological polar surface area (TPSA) is 124 Å². The van der Waals surface area contributed by atoms with Gasteiger partial charge in [-0.05, 0) is 75.6 Å². The third kappa shape index (κ3) is 9.93. The Hall–Kier alpha value is -4.71. The third-order valence-corrected chi connectivity index (χ3v) is 8.30. The number of hydrogen-bond donors (Lipinski definition) is 1. The summed E-state index contributed by atoms with van der Waals surface area (Å²) in [4.78, 5) is 31.3. The first kappa shape index (κ1) is 36.6. The van der Waals surface area contributed by atoms with E-state index < -0.39 is 42.1 Å². The van der Waals surface area contributed by atoms with E-state index in [0.29, 0.717) is 42.9 Å². The summed E-state index contributed by atoms with van der Waals surface area (Å²) in [5.74, 6) is -0.630. The summed E-state index contributed by atoms with van der Waals surface area (Å²) in [7, 11) is 1.51. The number of benzene rings is 2. The zero-order valence-electron chi connectivity index (χ0n) is 29.2. The molecule has 0 radical (unpaired) electrons. The van der Waals surface area contributed by atoms with E-state index in [1.807, 2.05) is 70.2 Å². The van der Waals surface area contributed by atoms with E-state index in [1.54, 1.807) is 48.7 Å². The molecule has 5 rings (SSSR count). The van der Waals surface area contributed by atoms with E-state index >= 15 is 0 Å². The number of pyridine rings is 1. The second kappa shape index (κ2) is 17.3. The molecule has 11 nitrogen and oxygen atoms in total. The maximum atomic E-state index is 13.8. The molecule has 1 fully saturated rings. The molecule has 3 aromatic rings. The maximum absolute atomic E-state index is 13.8. The van der Waals surface area contributed by atoms with Crippen LogP contribution in [0.4, 0.5) is 5.82 Å². The zero-order valence-corrected chi connectivity index (χ0v) is 29.2. The van der Waals surface area contributed by atoms with Crippen LogP contribution in [0, 0.1) is 5.92 Å². The second-order valence-electron chi connectivity index (χ2n) is 12.6. The van der Waals surface area contributed by atoms with Crippen LogP contribution >= 0.6 is 0 Å². The quantitative estimate of drug-likeness (QED) is 0.0987. The molecule has 0 amide bonds. The molecule has 3 heterocycles. The molecule has 0 saturated carbocycles. The maximum Gasteiger partial charge on any atom is 0.342 e. The zero-order chi connectivity index (χ0) is 35.5. The van der Waals surface area contributed by atoms with Crippen molar-refractivity contribution in [3.05, 3.63) is 102 Å². The molecular formula is C39H46N2O9. The van der Waals surface area contributed by atoms with Crippen LogP contribution < -0.4 is 14.8 Å². The van der Waals surface area contributed by atoms with Crippen molar-refractivity contribution in [1.82, 2.24) is 4.98 Å². The predicted octanol–water partition coefficient (Wildman–Crippen LogP) is 6.85. The number of aromatic nitrogens is 1. The number of cyclic esters (lactones) is 1. The molecule has 1 N–H and O–H groups in total. The van der Waals surface area contributed by atoms with Gasteiger partial charge in [0.05, 0.1) is 18.3 Å². The van der Waals surface area contributed by atoms with Crippen LogP contribution in [0.15, 0.2) is 85.1 Å². The lowest BCUT2D eigenvalue weighted by molar-refractivity contribution is -0.152. The molecule has 2 aliphatic heterocycles. The highest BCUT2D eigenvalue weighted by Gasteiger charge is 2.45. The Balaban J connectivity index is 1.43. The van der Waals surface area contributed by atoms with Gasteiger partial charge in [0.15, 0.2) is 12.6 Å². The molecule has 266 valence electrons. The van der Waals surface area contributed by atoms with Gasteiger partial charge in [-0.1, -0.05) is 49.4 Å². The van der Waals surface area contributed by atoms with E-state index in [9.17, 15) is 9.59 Å². The van der Waals surface area contributed by atoms with Crippen molar-refractivity contribution in [1.29, 1.82) is 0 Å². The number of nitrogens with one attached hydrogen (secondary N) is 1. The average molecular weight is 687 g/mol. The molecule has 2 aliphatic rings. The van der Waals surface area contributed by atoms with Crippen LogP contribution in [0.25, 0.3) is 6.08 Å². The smallest absolute Gasteiger partial charge is 0.342 e. The predicted molar refractivity (Wildman–Crippen MR) is 188 cm³/mol. The first-order valence-electron chi connectivity index (χ1n) is 16.9. The number of carbonyl (C=O) groups excluding carboxylic acids is 2. The van der Waals surface area contributed by atoms with Crippen molar-refractivity contribution in [2.45, 2.75) is 70.7 Å². The fraction of sp³-hybridized carbons (Fsp3) is 0.410. The van der Waals surface area contributed by atoms with Crippen LogP contribution in [0.2, 0.25) is 0 Å². The summed E-state index contributed by atoms with van der Waals surface area (Å²) in [6, 6.07) is 18.0. The summed E-state index contributed by atoms with van der Waals surface area (Å²) >= 11 is 0. The van der Waals surface area contributed by atoms with Crippen LogP contribution in [-0.4, -0.2) is 74.2 Å². The highest BCUT2D eigenvalue weighted by atomic mass is 16.8. The van der Waals surface area contributed by atoms with Crippen molar-refractivity contribution in [2.75, 3.05) is 32.4 Å². The Morgan fingerprint density at radius 1 is 1.02 bits per heavy atom. The number of anilines is 1. The van der Waals surface area contributed by atoms with Gasteiger partial charge >= 0.3 is 11.9 Å². The molecule has 50 heavy (non-hydrogen) atoms. The minimum Gasteiger partial charge on any atom is -0.493 e. The molecule has 1 saturated heterocycles.